The van der Waals surface area contributed by atoms with Crippen molar-refractivity contribution in [1.82, 2.24) is 0 Å². The normalized spacial score (nSPS) is 19.7. The largest absolute Gasteiger partial charge is 0.497 e. The van der Waals surface area contributed by atoms with Gasteiger partial charge in [-0.1, -0.05) is 81.4 Å². The van der Waals surface area contributed by atoms with E-state index < -0.39 is 26.5 Å². The molecule has 8 heteroatoms. The first-order valence-electron chi connectivity index (χ1n) is 12.7. The van der Waals surface area contributed by atoms with Crippen molar-refractivity contribution in [2.75, 3.05) is 26.6 Å². The van der Waals surface area contributed by atoms with Crippen molar-refractivity contribution in [1.29, 1.82) is 0 Å². The topological polar surface area (TPSA) is 74.2 Å². The molecule has 0 radical (unpaired) electrons. The number of hydrogen-bond donors (Lipinski definition) is 1. The Bertz CT molecular complexity index is 1170. The molecule has 3 aromatic rings. The summed E-state index contributed by atoms with van der Waals surface area (Å²) in [4.78, 5) is 13.0. The summed E-state index contributed by atoms with van der Waals surface area (Å²) in [5, 5.41) is 13.2. The number of hydrogen-bond acceptors (Lipinski definition) is 7. The van der Waals surface area contributed by atoms with Crippen LogP contribution in [0.15, 0.2) is 78.9 Å². The molecule has 0 saturated carbocycles. The fourth-order valence-electron chi connectivity index (χ4n) is 5.04. The second kappa shape index (κ2) is 11.9. The zero-order valence-electron chi connectivity index (χ0n) is 22.5. The number of carbonyl (C=O) groups is 1. The lowest BCUT2D eigenvalue weighted by Crippen LogP contribution is -2.67. The summed E-state index contributed by atoms with van der Waals surface area (Å²) in [7, 11) is 0.304. The van der Waals surface area contributed by atoms with Gasteiger partial charge in [0.15, 0.2) is 0 Å². The summed E-state index contributed by atoms with van der Waals surface area (Å²) in [5.74, 6) is 0.888. The summed E-state index contributed by atoms with van der Waals surface area (Å²) in [6.45, 7) is 7.03. The van der Waals surface area contributed by atoms with E-state index in [1.54, 1.807) is 37.1 Å². The molecule has 0 spiro atoms. The van der Waals surface area contributed by atoms with Gasteiger partial charge in [-0.2, -0.15) is 0 Å². The predicted octanol–water partition coefficient (Wildman–Crippen LogP) is 4.28. The molecule has 4 rings (SSSR count). The Labute approximate surface area is 230 Å². The summed E-state index contributed by atoms with van der Waals surface area (Å²) in [6.07, 6.45) is -1.50. The molecule has 1 fully saturated rings. The van der Waals surface area contributed by atoms with Gasteiger partial charge in [0.25, 0.3) is 8.32 Å². The van der Waals surface area contributed by atoms with Crippen molar-refractivity contribution in [3.63, 3.8) is 0 Å². The van der Waals surface area contributed by atoms with Crippen LogP contribution in [0, 0.1) is 0 Å². The number of methoxy groups -OCH3 is 2. The Morgan fingerprint density at radius 1 is 0.947 bits per heavy atom. The number of rotatable bonds is 9. The highest BCUT2D eigenvalue weighted by molar-refractivity contribution is 8.00. The molecule has 0 aliphatic carbocycles. The average molecular weight is 553 g/mol. The Balaban J connectivity index is 1.53. The first-order chi connectivity index (χ1) is 18.2. The van der Waals surface area contributed by atoms with Crippen LogP contribution in [0.1, 0.15) is 31.1 Å². The molecule has 1 aliphatic heterocycles. The number of thioether (sulfide) groups is 1. The minimum atomic E-state index is -2.74. The maximum Gasteiger partial charge on any atom is 0.342 e. The number of aliphatic hydroxyl groups excluding tert-OH is 1. The van der Waals surface area contributed by atoms with Crippen LogP contribution in [0.4, 0.5) is 0 Å². The predicted molar refractivity (Wildman–Crippen MR) is 155 cm³/mol. The maximum absolute atomic E-state index is 13.0. The van der Waals surface area contributed by atoms with Crippen LogP contribution in [0.2, 0.25) is 5.04 Å². The highest BCUT2D eigenvalue weighted by atomic mass is 32.2. The zero-order valence-corrected chi connectivity index (χ0v) is 24.4. The quantitative estimate of drug-likeness (QED) is 0.314. The maximum atomic E-state index is 13.0. The van der Waals surface area contributed by atoms with Gasteiger partial charge < -0.3 is 23.7 Å². The van der Waals surface area contributed by atoms with E-state index in [-0.39, 0.29) is 15.9 Å². The van der Waals surface area contributed by atoms with Crippen LogP contribution in [-0.4, -0.2) is 63.4 Å². The van der Waals surface area contributed by atoms with Gasteiger partial charge in [-0.25, -0.2) is 4.79 Å². The summed E-state index contributed by atoms with van der Waals surface area (Å²) < 4.78 is 23.3. The number of carbonyl (C=O) groups excluding carboxylic acids is 1. The molecular formula is C30H36O6SSi. The SMILES string of the molecule is COc1ccc(C(=O)OC2CSC(CO[Si](c3ccccc3)(c3ccccc3)C(C)(C)C)C2O)c(OC)c1. The molecule has 3 aromatic carbocycles. The molecule has 1 N–H and O–H groups in total. The third kappa shape index (κ3) is 5.64. The van der Waals surface area contributed by atoms with Crippen LogP contribution in [-0.2, 0) is 9.16 Å². The summed E-state index contributed by atoms with van der Waals surface area (Å²) >= 11 is 1.57. The Morgan fingerprint density at radius 3 is 2.08 bits per heavy atom. The van der Waals surface area contributed by atoms with Crippen LogP contribution < -0.4 is 19.8 Å². The van der Waals surface area contributed by atoms with Gasteiger partial charge in [-0.3, -0.25) is 0 Å². The van der Waals surface area contributed by atoms with Crippen molar-refractivity contribution >= 4 is 36.4 Å². The summed E-state index contributed by atoms with van der Waals surface area (Å²) in [5.41, 5.74) is 0.289. The molecule has 1 heterocycles. The van der Waals surface area contributed by atoms with E-state index in [4.69, 9.17) is 18.6 Å². The van der Waals surface area contributed by atoms with Crippen molar-refractivity contribution in [3.05, 3.63) is 84.4 Å². The molecule has 0 aromatic heterocycles. The van der Waals surface area contributed by atoms with Crippen molar-refractivity contribution in [2.45, 2.75) is 43.3 Å². The molecule has 1 aliphatic rings. The minimum absolute atomic E-state index is 0.166. The van der Waals surface area contributed by atoms with Gasteiger partial charge in [0.1, 0.15) is 29.3 Å². The molecule has 6 nitrogen and oxygen atoms in total. The Hall–Kier alpha value is -2.78. The smallest absolute Gasteiger partial charge is 0.342 e. The molecule has 1 saturated heterocycles. The number of aliphatic hydroxyl groups is 1. The van der Waals surface area contributed by atoms with Gasteiger partial charge >= 0.3 is 5.97 Å². The van der Waals surface area contributed by atoms with Gasteiger partial charge in [0.2, 0.25) is 0 Å². The lowest BCUT2D eigenvalue weighted by atomic mass is 10.1. The monoisotopic (exact) mass is 552 g/mol. The molecule has 0 amide bonds. The van der Waals surface area contributed by atoms with Crippen LogP contribution in [0.25, 0.3) is 0 Å². The molecule has 3 unspecified atom stereocenters. The number of ether oxygens (including phenoxy) is 3. The van der Waals surface area contributed by atoms with Crippen molar-refractivity contribution in [2.24, 2.45) is 0 Å². The van der Waals surface area contributed by atoms with Gasteiger partial charge in [-0.15, -0.1) is 11.8 Å². The van der Waals surface area contributed by atoms with Gasteiger partial charge in [0.05, 0.1) is 19.5 Å². The van der Waals surface area contributed by atoms with E-state index in [2.05, 4.69) is 69.3 Å². The minimum Gasteiger partial charge on any atom is -0.497 e. The van der Waals surface area contributed by atoms with E-state index in [0.29, 0.717) is 23.9 Å². The fourth-order valence-corrected chi connectivity index (χ4v) is 11.0. The number of benzene rings is 3. The molecule has 38 heavy (non-hydrogen) atoms. The Kier molecular flexibility index (Phi) is 8.87. The number of esters is 1. The zero-order chi connectivity index (χ0) is 27.3. The van der Waals surface area contributed by atoms with E-state index in [1.165, 1.54) is 17.5 Å². The van der Waals surface area contributed by atoms with Crippen LogP contribution in [0.3, 0.4) is 0 Å². The highest BCUT2D eigenvalue weighted by Gasteiger charge is 2.51. The molecular weight excluding hydrogens is 516 g/mol. The highest BCUT2D eigenvalue weighted by Crippen LogP contribution is 2.39. The fraction of sp³-hybridized carbons (Fsp3) is 0.367. The third-order valence-corrected chi connectivity index (χ3v) is 13.4. The first-order valence-corrected chi connectivity index (χ1v) is 15.6. The van der Waals surface area contributed by atoms with Crippen LogP contribution in [0.5, 0.6) is 11.5 Å². The molecule has 202 valence electrons. The van der Waals surface area contributed by atoms with Gasteiger partial charge in [0, 0.05) is 18.4 Å². The average Bonchev–Trinajstić information content (AvgIpc) is 3.27. The second-order valence-corrected chi connectivity index (χ2v) is 15.9. The second-order valence-electron chi connectivity index (χ2n) is 10.3. The van der Waals surface area contributed by atoms with Crippen LogP contribution >= 0.6 is 11.8 Å². The van der Waals surface area contributed by atoms with Crippen molar-refractivity contribution < 1.29 is 28.5 Å². The van der Waals surface area contributed by atoms with E-state index in [0.717, 1.165) is 0 Å². The third-order valence-electron chi connectivity index (χ3n) is 7.00. The van der Waals surface area contributed by atoms with E-state index in [1.807, 2.05) is 12.1 Å². The van der Waals surface area contributed by atoms with E-state index >= 15 is 0 Å². The lowest BCUT2D eigenvalue weighted by Gasteiger charge is -2.43. The first kappa shape index (κ1) is 28.2. The standard InChI is InChI=1S/C30H36O6SSi/c1-30(2,3)38(22-12-8-6-9-13-22,23-14-10-7-11-15-23)35-19-27-28(31)26(20-37-27)36-29(32)24-17-16-21(33-4)18-25(24)34-5/h6-18,26-28,31H,19-20H2,1-5H3. The summed E-state index contributed by atoms with van der Waals surface area (Å²) in [6, 6.07) is 25.8. The van der Waals surface area contributed by atoms with E-state index in [9.17, 15) is 9.90 Å². The lowest BCUT2D eigenvalue weighted by molar-refractivity contribution is -0.00779. The van der Waals surface area contributed by atoms with Gasteiger partial charge in [-0.05, 0) is 27.5 Å². The Morgan fingerprint density at radius 2 is 1.55 bits per heavy atom. The molecule has 3 atom stereocenters. The molecule has 0 bridgehead atoms. The van der Waals surface area contributed by atoms with Crippen molar-refractivity contribution in [3.8, 4) is 11.5 Å².